The van der Waals surface area contributed by atoms with Crippen molar-refractivity contribution in [2.45, 2.75) is 4.90 Å². The summed E-state index contributed by atoms with van der Waals surface area (Å²) in [6, 6.07) is 14.9. The molecule has 0 unspecified atom stereocenters. The van der Waals surface area contributed by atoms with E-state index in [0.29, 0.717) is 15.7 Å². The standard InChI is InChI=1S/C19H13Cl2FN2O3S/c20-13-4-9-17(21)18(11-13)23-19(25)12-2-1-3-15(10-12)24-28(26,27)16-7-5-14(22)6-8-16/h1-11,24H,(H,23,25). The lowest BCUT2D eigenvalue weighted by Gasteiger charge is -2.11. The second-order valence-corrected chi connectivity index (χ2v) is 8.24. The molecule has 5 nitrogen and oxygen atoms in total. The van der Waals surface area contributed by atoms with Crippen molar-refractivity contribution in [2.24, 2.45) is 0 Å². The maximum absolute atomic E-state index is 13.0. The summed E-state index contributed by atoms with van der Waals surface area (Å²) in [6.07, 6.45) is 0. The highest BCUT2D eigenvalue weighted by Crippen LogP contribution is 2.26. The highest BCUT2D eigenvalue weighted by Gasteiger charge is 2.16. The number of hydrogen-bond acceptors (Lipinski definition) is 3. The fraction of sp³-hybridized carbons (Fsp3) is 0. The van der Waals surface area contributed by atoms with E-state index in [1.807, 2.05) is 0 Å². The number of nitrogens with one attached hydrogen (secondary N) is 2. The van der Waals surface area contributed by atoms with Crippen LogP contribution in [0.4, 0.5) is 15.8 Å². The Morgan fingerprint density at radius 2 is 1.64 bits per heavy atom. The van der Waals surface area contributed by atoms with Crippen LogP contribution >= 0.6 is 23.2 Å². The second kappa shape index (κ2) is 8.18. The first-order valence-electron chi connectivity index (χ1n) is 7.89. The highest BCUT2D eigenvalue weighted by molar-refractivity contribution is 7.92. The van der Waals surface area contributed by atoms with Crippen molar-refractivity contribution in [3.05, 3.63) is 88.2 Å². The summed E-state index contributed by atoms with van der Waals surface area (Å²) in [5.74, 6) is -1.04. The largest absolute Gasteiger partial charge is 0.321 e. The lowest BCUT2D eigenvalue weighted by atomic mass is 10.2. The van der Waals surface area contributed by atoms with Crippen LogP contribution in [0.3, 0.4) is 0 Å². The van der Waals surface area contributed by atoms with E-state index in [1.54, 1.807) is 12.1 Å². The van der Waals surface area contributed by atoms with Crippen molar-refractivity contribution in [1.82, 2.24) is 0 Å². The minimum Gasteiger partial charge on any atom is -0.321 e. The van der Waals surface area contributed by atoms with Gasteiger partial charge in [0, 0.05) is 16.3 Å². The van der Waals surface area contributed by atoms with E-state index in [9.17, 15) is 17.6 Å². The van der Waals surface area contributed by atoms with Gasteiger partial charge in [0.15, 0.2) is 0 Å². The van der Waals surface area contributed by atoms with Crippen molar-refractivity contribution in [1.29, 1.82) is 0 Å². The lowest BCUT2D eigenvalue weighted by molar-refractivity contribution is 0.102. The van der Waals surface area contributed by atoms with Gasteiger partial charge in [0.05, 0.1) is 15.6 Å². The summed E-state index contributed by atoms with van der Waals surface area (Å²) >= 11 is 11.9. The maximum Gasteiger partial charge on any atom is 0.261 e. The number of sulfonamides is 1. The van der Waals surface area contributed by atoms with Crippen LogP contribution in [0.2, 0.25) is 10.0 Å². The summed E-state index contributed by atoms with van der Waals surface area (Å²) in [6.45, 7) is 0. The summed E-state index contributed by atoms with van der Waals surface area (Å²) < 4.78 is 40.2. The number of anilines is 2. The van der Waals surface area contributed by atoms with Gasteiger partial charge in [-0.3, -0.25) is 9.52 Å². The molecular weight excluding hydrogens is 426 g/mol. The Bertz CT molecular complexity index is 1140. The van der Waals surface area contributed by atoms with Crippen LogP contribution < -0.4 is 10.0 Å². The third kappa shape index (κ3) is 4.81. The van der Waals surface area contributed by atoms with E-state index in [2.05, 4.69) is 10.0 Å². The zero-order chi connectivity index (χ0) is 20.3. The third-order valence-electron chi connectivity index (χ3n) is 3.68. The van der Waals surface area contributed by atoms with Crippen LogP contribution in [0.25, 0.3) is 0 Å². The maximum atomic E-state index is 13.0. The first kappa shape index (κ1) is 20.1. The van der Waals surface area contributed by atoms with Gasteiger partial charge in [-0.15, -0.1) is 0 Å². The van der Waals surface area contributed by atoms with E-state index < -0.39 is 21.7 Å². The van der Waals surface area contributed by atoms with E-state index in [0.717, 1.165) is 24.3 Å². The molecule has 144 valence electrons. The fourth-order valence-electron chi connectivity index (χ4n) is 2.34. The van der Waals surface area contributed by atoms with Crippen LogP contribution in [0.15, 0.2) is 71.6 Å². The van der Waals surface area contributed by atoms with Crippen LogP contribution in [-0.4, -0.2) is 14.3 Å². The van der Waals surface area contributed by atoms with Gasteiger partial charge >= 0.3 is 0 Å². The number of carbonyl (C=O) groups excluding carboxylic acids is 1. The van der Waals surface area contributed by atoms with E-state index in [4.69, 9.17) is 23.2 Å². The molecule has 0 heterocycles. The minimum atomic E-state index is -3.93. The summed E-state index contributed by atoms with van der Waals surface area (Å²) in [7, 11) is -3.93. The molecule has 0 spiro atoms. The predicted octanol–water partition coefficient (Wildman–Crippen LogP) is 5.19. The molecule has 0 fully saturated rings. The number of carbonyl (C=O) groups is 1. The Labute approximate surface area is 171 Å². The van der Waals surface area contributed by atoms with Crippen molar-refractivity contribution in [3.63, 3.8) is 0 Å². The number of amides is 1. The first-order valence-corrected chi connectivity index (χ1v) is 10.1. The van der Waals surface area contributed by atoms with Crippen molar-refractivity contribution in [2.75, 3.05) is 10.0 Å². The molecule has 0 bridgehead atoms. The zero-order valence-corrected chi connectivity index (χ0v) is 16.4. The first-order chi connectivity index (χ1) is 13.2. The molecule has 0 radical (unpaired) electrons. The molecule has 0 aliphatic heterocycles. The van der Waals surface area contributed by atoms with Crippen molar-refractivity contribution < 1.29 is 17.6 Å². The Morgan fingerprint density at radius 1 is 0.929 bits per heavy atom. The molecule has 0 saturated carbocycles. The number of halogens is 3. The average molecular weight is 439 g/mol. The highest BCUT2D eigenvalue weighted by atomic mass is 35.5. The SMILES string of the molecule is O=C(Nc1cc(Cl)ccc1Cl)c1cccc(NS(=O)(=O)c2ccc(F)cc2)c1. The molecule has 0 aromatic heterocycles. The van der Waals surface area contributed by atoms with Crippen molar-refractivity contribution in [3.8, 4) is 0 Å². The van der Waals surface area contributed by atoms with Gasteiger partial charge in [-0.2, -0.15) is 0 Å². The van der Waals surface area contributed by atoms with E-state index >= 15 is 0 Å². The minimum absolute atomic E-state index is 0.102. The quantitative estimate of drug-likeness (QED) is 0.575. The summed E-state index contributed by atoms with van der Waals surface area (Å²) in [4.78, 5) is 12.4. The Balaban J connectivity index is 1.81. The monoisotopic (exact) mass is 438 g/mol. The van der Waals surface area contributed by atoms with Gasteiger partial charge in [0.2, 0.25) is 0 Å². The van der Waals surface area contributed by atoms with Crippen molar-refractivity contribution >= 4 is 50.5 Å². The van der Waals surface area contributed by atoms with Crippen LogP contribution in [0.5, 0.6) is 0 Å². The molecule has 3 rings (SSSR count). The zero-order valence-electron chi connectivity index (χ0n) is 14.1. The topological polar surface area (TPSA) is 75.3 Å². The predicted molar refractivity (Wildman–Crippen MR) is 108 cm³/mol. The van der Waals surface area contributed by atoms with E-state index in [-0.39, 0.29) is 16.1 Å². The molecule has 3 aromatic rings. The third-order valence-corrected chi connectivity index (χ3v) is 5.64. The molecule has 0 saturated heterocycles. The molecule has 0 aliphatic rings. The van der Waals surface area contributed by atoms with Crippen LogP contribution in [0.1, 0.15) is 10.4 Å². The molecular formula is C19H13Cl2FN2O3S. The molecule has 0 aliphatic carbocycles. The number of hydrogen-bond donors (Lipinski definition) is 2. The number of rotatable bonds is 5. The Hall–Kier alpha value is -2.61. The normalized spacial score (nSPS) is 11.1. The van der Waals surface area contributed by atoms with Crippen LogP contribution in [0, 0.1) is 5.82 Å². The molecule has 2 N–H and O–H groups in total. The lowest BCUT2D eigenvalue weighted by Crippen LogP contribution is -2.15. The van der Waals surface area contributed by atoms with Gasteiger partial charge in [-0.1, -0.05) is 29.3 Å². The van der Waals surface area contributed by atoms with Gasteiger partial charge in [0.1, 0.15) is 5.82 Å². The number of benzene rings is 3. The molecule has 28 heavy (non-hydrogen) atoms. The summed E-state index contributed by atoms with van der Waals surface area (Å²) in [5, 5.41) is 3.34. The van der Waals surface area contributed by atoms with Gasteiger partial charge < -0.3 is 5.32 Å². The van der Waals surface area contributed by atoms with Crippen LogP contribution in [-0.2, 0) is 10.0 Å². The average Bonchev–Trinajstić information content (AvgIpc) is 2.65. The Morgan fingerprint density at radius 3 is 2.36 bits per heavy atom. The van der Waals surface area contributed by atoms with Gasteiger partial charge in [-0.05, 0) is 60.7 Å². The van der Waals surface area contributed by atoms with Gasteiger partial charge in [0.25, 0.3) is 15.9 Å². The molecule has 0 atom stereocenters. The smallest absolute Gasteiger partial charge is 0.261 e. The Kier molecular flexibility index (Phi) is 5.88. The van der Waals surface area contributed by atoms with Gasteiger partial charge in [-0.25, -0.2) is 12.8 Å². The molecule has 1 amide bonds. The fourth-order valence-corrected chi connectivity index (χ4v) is 3.73. The summed E-state index contributed by atoms with van der Waals surface area (Å²) in [5.41, 5.74) is 0.709. The molecule has 9 heteroatoms. The van der Waals surface area contributed by atoms with E-state index in [1.165, 1.54) is 30.3 Å². The molecule has 3 aromatic carbocycles. The second-order valence-electron chi connectivity index (χ2n) is 5.72.